The van der Waals surface area contributed by atoms with Crippen LogP contribution in [0.1, 0.15) is 38.9 Å². The SMILES string of the molecule is CC1CCC(NCCc2ncon2)CC1C. The molecule has 0 amide bonds. The molecule has 1 N–H and O–H groups in total. The van der Waals surface area contributed by atoms with Crippen molar-refractivity contribution >= 4 is 0 Å². The van der Waals surface area contributed by atoms with Crippen molar-refractivity contribution in [3.8, 4) is 0 Å². The van der Waals surface area contributed by atoms with Crippen LogP contribution in [0.3, 0.4) is 0 Å². The van der Waals surface area contributed by atoms with Crippen molar-refractivity contribution in [3.63, 3.8) is 0 Å². The van der Waals surface area contributed by atoms with Crippen LogP contribution in [0.2, 0.25) is 0 Å². The normalized spacial score (nSPS) is 30.5. The van der Waals surface area contributed by atoms with Crippen LogP contribution in [0, 0.1) is 11.8 Å². The summed E-state index contributed by atoms with van der Waals surface area (Å²) in [5.41, 5.74) is 0. The van der Waals surface area contributed by atoms with Gasteiger partial charge in [0, 0.05) is 19.0 Å². The van der Waals surface area contributed by atoms with Crippen LogP contribution >= 0.6 is 0 Å². The number of nitrogens with one attached hydrogen (secondary N) is 1. The second kappa shape index (κ2) is 5.43. The zero-order valence-electron chi connectivity index (χ0n) is 10.1. The Morgan fingerprint density at radius 2 is 2.25 bits per heavy atom. The molecule has 0 aromatic carbocycles. The fourth-order valence-electron chi connectivity index (χ4n) is 2.42. The smallest absolute Gasteiger partial charge is 0.213 e. The lowest BCUT2D eigenvalue weighted by molar-refractivity contribution is 0.227. The number of hydrogen-bond donors (Lipinski definition) is 1. The number of aromatic nitrogens is 2. The van der Waals surface area contributed by atoms with Crippen LogP contribution in [0.5, 0.6) is 0 Å². The third-order valence-electron chi connectivity index (χ3n) is 3.79. The lowest BCUT2D eigenvalue weighted by Crippen LogP contribution is -2.37. The molecule has 90 valence electrons. The van der Waals surface area contributed by atoms with Crippen LogP contribution in [0.25, 0.3) is 0 Å². The minimum absolute atomic E-state index is 0.679. The molecule has 3 atom stereocenters. The average molecular weight is 223 g/mol. The summed E-state index contributed by atoms with van der Waals surface area (Å²) < 4.78 is 4.70. The van der Waals surface area contributed by atoms with Crippen LogP contribution in [-0.2, 0) is 6.42 Å². The van der Waals surface area contributed by atoms with Gasteiger partial charge in [-0.2, -0.15) is 4.98 Å². The summed E-state index contributed by atoms with van der Waals surface area (Å²) in [5.74, 6) is 2.52. The number of hydrogen-bond acceptors (Lipinski definition) is 4. The molecule has 1 aromatic rings. The van der Waals surface area contributed by atoms with Gasteiger partial charge in [0.25, 0.3) is 0 Å². The van der Waals surface area contributed by atoms with Gasteiger partial charge in [-0.05, 0) is 31.1 Å². The monoisotopic (exact) mass is 223 g/mol. The van der Waals surface area contributed by atoms with Gasteiger partial charge in [0.1, 0.15) is 0 Å². The topological polar surface area (TPSA) is 51.0 Å². The lowest BCUT2D eigenvalue weighted by Gasteiger charge is -2.32. The molecule has 16 heavy (non-hydrogen) atoms. The summed E-state index contributed by atoms with van der Waals surface area (Å²) in [5, 5.41) is 7.39. The minimum atomic E-state index is 0.679. The molecular formula is C12H21N3O. The zero-order chi connectivity index (χ0) is 11.4. The first-order valence-corrected chi connectivity index (χ1v) is 6.24. The van der Waals surface area contributed by atoms with E-state index < -0.39 is 0 Å². The summed E-state index contributed by atoms with van der Waals surface area (Å²) in [4.78, 5) is 4.01. The van der Waals surface area contributed by atoms with Gasteiger partial charge in [0.2, 0.25) is 6.39 Å². The molecule has 1 fully saturated rings. The molecule has 1 aliphatic rings. The maximum atomic E-state index is 4.70. The molecule has 3 unspecified atom stereocenters. The predicted octanol–water partition coefficient (Wildman–Crippen LogP) is 2.03. The lowest BCUT2D eigenvalue weighted by atomic mass is 9.79. The number of rotatable bonds is 4. The van der Waals surface area contributed by atoms with E-state index in [2.05, 4.69) is 29.3 Å². The molecule has 0 aliphatic heterocycles. The predicted molar refractivity (Wildman–Crippen MR) is 62.0 cm³/mol. The van der Waals surface area contributed by atoms with Crippen LogP contribution in [0.4, 0.5) is 0 Å². The standard InChI is InChI=1S/C12H21N3O/c1-9-3-4-11(7-10(9)2)13-6-5-12-14-8-16-15-12/h8-11,13H,3-7H2,1-2H3. The van der Waals surface area contributed by atoms with Gasteiger partial charge in [-0.3, -0.25) is 0 Å². The van der Waals surface area contributed by atoms with Gasteiger partial charge in [0.15, 0.2) is 5.82 Å². The van der Waals surface area contributed by atoms with Crippen LogP contribution in [0.15, 0.2) is 10.9 Å². The van der Waals surface area contributed by atoms with Gasteiger partial charge >= 0.3 is 0 Å². The van der Waals surface area contributed by atoms with Crippen molar-refractivity contribution in [1.29, 1.82) is 0 Å². The molecule has 2 rings (SSSR count). The maximum absolute atomic E-state index is 4.70. The fourth-order valence-corrected chi connectivity index (χ4v) is 2.42. The van der Waals surface area contributed by atoms with Crippen molar-refractivity contribution in [3.05, 3.63) is 12.2 Å². The van der Waals surface area contributed by atoms with Crippen molar-refractivity contribution in [2.75, 3.05) is 6.54 Å². The Morgan fingerprint density at radius 3 is 2.94 bits per heavy atom. The van der Waals surface area contributed by atoms with Crippen molar-refractivity contribution in [2.24, 2.45) is 11.8 Å². The molecule has 0 bridgehead atoms. The van der Waals surface area contributed by atoms with E-state index in [1.165, 1.54) is 25.7 Å². The van der Waals surface area contributed by atoms with E-state index in [1.54, 1.807) is 0 Å². The van der Waals surface area contributed by atoms with Crippen molar-refractivity contribution in [1.82, 2.24) is 15.5 Å². The summed E-state index contributed by atoms with van der Waals surface area (Å²) >= 11 is 0. The van der Waals surface area contributed by atoms with E-state index in [4.69, 9.17) is 4.52 Å². The van der Waals surface area contributed by atoms with Gasteiger partial charge < -0.3 is 9.84 Å². The summed E-state index contributed by atoms with van der Waals surface area (Å²) in [6, 6.07) is 0.679. The van der Waals surface area contributed by atoms with E-state index in [0.717, 1.165) is 30.6 Å². The Morgan fingerprint density at radius 1 is 1.38 bits per heavy atom. The Labute approximate surface area is 96.8 Å². The third-order valence-corrected chi connectivity index (χ3v) is 3.79. The fraction of sp³-hybridized carbons (Fsp3) is 0.833. The Balaban J connectivity index is 1.67. The van der Waals surface area contributed by atoms with E-state index in [1.807, 2.05) is 0 Å². The van der Waals surface area contributed by atoms with Crippen molar-refractivity contribution in [2.45, 2.75) is 45.6 Å². The molecule has 1 aliphatic carbocycles. The zero-order valence-corrected chi connectivity index (χ0v) is 10.1. The second-order valence-corrected chi connectivity index (χ2v) is 5.02. The van der Waals surface area contributed by atoms with E-state index in [9.17, 15) is 0 Å². The minimum Gasteiger partial charge on any atom is -0.343 e. The molecule has 1 aromatic heterocycles. The van der Waals surface area contributed by atoms with Gasteiger partial charge in [-0.15, -0.1) is 0 Å². The second-order valence-electron chi connectivity index (χ2n) is 5.02. The number of nitrogens with zero attached hydrogens (tertiary/aromatic N) is 2. The molecule has 4 nitrogen and oxygen atoms in total. The highest BCUT2D eigenvalue weighted by Crippen LogP contribution is 2.29. The summed E-state index contributed by atoms with van der Waals surface area (Å²) in [7, 11) is 0. The molecule has 4 heteroatoms. The van der Waals surface area contributed by atoms with Crippen LogP contribution < -0.4 is 5.32 Å². The molecular weight excluding hydrogens is 202 g/mol. The Hall–Kier alpha value is -0.900. The molecule has 1 saturated carbocycles. The molecule has 0 saturated heterocycles. The Bertz CT molecular complexity index is 299. The third kappa shape index (κ3) is 3.04. The first-order valence-electron chi connectivity index (χ1n) is 6.24. The van der Waals surface area contributed by atoms with E-state index >= 15 is 0 Å². The maximum Gasteiger partial charge on any atom is 0.213 e. The summed E-state index contributed by atoms with van der Waals surface area (Å²) in [6.45, 7) is 5.67. The molecule has 0 radical (unpaired) electrons. The largest absolute Gasteiger partial charge is 0.343 e. The quantitative estimate of drug-likeness (QED) is 0.848. The molecule has 0 spiro atoms. The van der Waals surface area contributed by atoms with Gasteiger partial charge in [-0.1, -0.05) is 19.0 Å². The first-order chi connectivity index (χ1) is 7.75. The highest BCUT2D eigenvalue weighted by molar-refractivity contribution is 4.83. The highest BCUT2D eigenvalue weighted by atomic mass is 16.5. The molecule has 1 heterocycles. The first kappa shape index (κ1) is 11.6. The average Bonchev–Trinajstić information content (AvgIpc) is 2.76. The van der Waals surface area contributed by atoms with E-state index in [-0.39, 0.29) is 0 Å². The summed E-state index contributed by atoms with van der Waals surface area (Å²) in [6.07, 6.45) is 6.20. The van der Waals surface area contributed by atoms with Gasteiger partial charge in [-0.25, -0.2) is 0 Å². The van der Waals surface area contributed by atoms with Crippen molar-refractivity contribution < 1.29 is 4.52 Å². The van der Waals surface area contributed by atoms with Gasteiger partial charge in [0.05, 0.1) is 0 Å². The van der Waals surface area contributed by atoms with Crippen LogP contribution in [-0.4, -0.2) is 22.7 Å². The Kier molecular flexibility index (Phi) is 3.93. The highest BCUT2D eigenvalue weighted by Gasteiger charge is 2.23. The van der Waals surface area contributed by atoms with E-state index in [0.29, 0.717) is 6.04 Å².